The molecule has 1 aliphatic heterocycles. The van der Waals surface area contributed by atoms with Gasteiger partial charge in [0.2, 0.25) is 0 Å². The number of Topliss-reactive ketones (excluding diaryl/α,β-unsaturated/α-hetero) is 1. The summed E-state index contributed by atoms with van der Waals surface area (Å²) in [5.41, 5.74) is 2.74. The standard InChI is InChI=1S/C23H29N3O2/c1-24-23(28)21-16-19(15-20(26-21)14-18-6-3-2-4-7-18)22(27)9-5-8-17-10-12-25-13-11-17/h2-4,6-7,15-17,25H,5,8-14H2,1H3,(H,24,28). The fraction of sp³-hybridized carbons (Fsp3) is 0.435. The number of amides is 1. The van der Waals surface area contributed by atoms with Crippen LogP contribution in [0.15, 0.2) is 42.5 Å². The SMILES string of the molecule is CNC(=O)c1cc(C(=O)CCCC2CCNCC2)cc(Cc2ccccc2)n1. The van der Waals surface area contributed by atoms with Gasteiger partial charge in [-0.3, -0.25) is 9.59 Å². The van der Waals surface area contributed by atoms with Gasteiger partial charge in [0.25, 0.3) is 5.91 Å². The van der Waals surface area contributed by atoms with Gasteiger partial charge >= 0.3 is 0 Å². The number of benzene rings is 1. The smallest absolute Gasteiger partial charge is 0.269 e. The van der Waals surface area contributed by atoms with Crippen molar-refractivity contribution in [2.45, 2.75) is 38.5 Å². The van der Waals surface area contributed by atoms with Crippen molar-refractivity contribution >= 4 is 11.7 Å². The van der Waals surface area contributed by atoms with Crippen LogP contribution in [-0.4, -0.2) is 36.8 Å². The topological polar surface area (TPSA) is 71.1 Å². The number of piperidine rings is 1. The van der Waals surface area contributed by atoms with Crippen molar-refractivity contribution in [1.82, 2.24) is 15.6 Å². The number of ketones is 1. The van der Waals surface area contributed by atoms with Crippen LogP contribution in [0.25, 0.3) is 0 Å². The van der Waals surface area contributed by atoms with Gasteiger partial charge in [-0.05, 0) is 62.4 Å². The summed E-state index contributed by atoms with van der Waals surface area (Å²) in [6.45, 7) is 2.17. The molecule has 0 radical (unpaired) electrons. The lowest BCUT2D eigenvalue weighted by Gasteiger charge is -2.22. The molecule has 2 heterocycles. The predicted molar refractivity (Wildman–Crippen MR) is 111 cm³/mol. The van der Waals surface area contributed by atoms with Crippen molar-refractivity contribution in [2.75, 3.05) is 20.1 Å². The molecule has 0 bridgehead atoms. The minimum absolute atomic E-state index is 0.0933. The Morgan fingerprint density at radius 3 is 2.61 bits per heavy atom. The number of rotatable bonds is 8. The van der Waals surface area contributed by atoms with Crippen LogP contribution >= 0.6 is 0 Å². The molecule has 0 aliphatic carbocycles. The molecule has 3 rings (SSSR count). The van der Waals surface area contributed by atoms with Crippen LogP contribution in [0.1, 0.15) is 64.2 Å². The van der Waals surface area contributed by atoms with Gasteiger partial charge in [-0.1, -0.05) is 30.3 Å². The first-order valence-corrected chi connectivity index (χ1v) is 10.2. The second-order valence-electron chi connectivity index (χ2n) is 7.48. The number of hydrogen-bond acceptors (Lipinski definition) is 4. The van der Waals surface area contributed by atoms with E-state index in [2.05, 4.69) is 15.6 Å². The van der Waals surface area contributed by atoms with Gasteiger partial charge in [-0.15, -0.1) is 0 Å². The second kappa shape index (κ2) is 10.1. The predicted octanol–water partition coefficient (Wildman–Crippen LogP) is 3.38. The Balaban J connectivity index is 1.69. The number of carbonyl (C=O) groups is 2. The fourth-order valence-corrected chi connectivity index (χ4v) is 3.75. The Morgan fingerprint density at radius 1 is 1.14 bits per heavy atom. The monoisotopic (exact) mass is 379 g/mol. The normalized spacial score (nSPS) is 14.6. The summed E-state index contributed by atoms with van der Waals surface area (Å²) in [5, 5.41) is 5.98. The average molecular weight is 380 g/mol. The maximum atomic E-state index is 12.8. The molecule has 1 aromatic heterocycles. The quantitative estimate of drug-likeness (QED) is 0.690. The van der Waals surface area contributed by atoms with E-state index in [0.29, 0.717) is 24.1 Å². The summed E-state index contributed by atoms with van der Waals surface area (Å²) in [4.78, 5) is 29.4. The molecule has 1 amide bonds. The van der Waals surface area contributed by atoms with Crippen molar-refractivity contribution in [3.05, 3.63) is 65.0 Å². The highest BCUT2D eigenvalue weighted by Crippen LogP contribution is 2.20. The van der Waals surface area contributed by atoms with Gasteiger partial charge in [-0.25, -0.2) is 4.98 Å². The lowest BCUT2D eigenvalue weighted by atomic mass is 9.91. The van der Waals surface area contributed by atoms with E-state index in [0.717, 1.165) is 43.1 Å². The zero-order valence-corrected chi connectivity index (χ0v) is 16.5. The maximum Gasteiger partial charge on any atom is 0.269 e. The number of nitrogens with zero attached hydrogens (tertiary/aromatic N) is 1. The first-order chi connectivity index (χ1) is 13.7. The Bertz CT molecular complexity index is 799. The van der Waals surface area contributed by atoms with Crippen molar-refractivity contribution in [3.63, 3.8) is 0 Å². The molecule has 0 unspecified atom stereocenters. The first-order valence-electron chi connectivity index (χ1n) is 10.2. The van der Waals surface area contributed by atoms with E-state index in [1.807, 2.05) is 36.4 Å². The van der Waals surface area contributed by atoms with Crippen molar-refractivity contribution in [3.8, 4) is 0 Å². The van der Waals surface area contributed by atoms with Crippen LogP contribution in [0, 0.1) is 5.92 Å². The lowest BCUT2D eigenvalue weighted by Crippen LogP contribution is -2.27. The van der Waals surface area contributed by atoms with E-state index in [1.165, 1.54) is 12.8 Å². The number of nitrogens with one attached hydrogen (secondary N) is 2. The lowest BCUT2D eigenvalue weighted by molar-refractivity contribution is 0.0958. The Morgan fingerprint density at radius 2 is 1.89 bits per heavy atom. The van der Waals surface area contributed by atoms with Gasteiger partial charge in [0.05, 0.1) is 0 Å². The van der Waals surface area contributed by atoms with Crippen LogP contribution in [0.2, 0.25) is 0 Å². The van der Waals surface area contributed by atoms with Crippen molar-refractivity contribution in [1.29, 1.82) is 0 Å². The molecule has 0 spiro atoms. The zero-order valence-electron chi connectivity index (χ0n) is 16.5. The summed E-state index contributed by atoms with van der Waals surface area (Å²) >= 11 is 0. The summed E-state index contributed by atoms with van der Waals surface area (Å²) < 4.78 is 0. The molecular weight excluding hydrogens is 350 g/mol. The molecular formula is C23H29N3O2. The van der Waals surface area contributed by atoms with Crippen molar-refractivity contribution < 1.29 is 9.59 Å². The first kappa shape index (κ1) is 20.2. The number of carbonyl (C=O) groups excluding carboxylic acids is 2. The minimum Gasteiger partial charge on any atom is -0.354 e. The third kappa shape index (κ3) is 5.73. The van der Waals surface area contributed by atoms with Gasteiger partial charge < -0.3 is 10.6 Å². The Kier molecular flexibility index (Phi) is 7.31. The molecule has 0 saturated carbocycles. The second-order valence-corrected chi connectivity index (χ2v) is 7.48. The van der Waals surface area contributed by atoms with Gasteiger partial charge in [0.1, 0.15) is 5.69 Å². The third-order valence-electron chi connectivity index (χ3n) is 5.36. The van der Waals surface area contributed by atoms with E-state index in [4.69, 9.17) is 0 Å². The summed E-state index contributed by atoms with van der Waals surface area (Å²) in [6, 6.07) is 13.4. The van der Waals surface area contributed by atoms with E-state index in [1.54, 1.807) is 13.1 Å². The molecule has 1 aromatic carbocycles. The minimum atomic E-state index is -0.265. The number of pyridine rings is 1. The van der Waals surface area contributed by atoms with Crippen LogP contribution in [0.5, 0.6) is 0 Å². The van der Waals surface area contributed by atoms with Crippen LogP contribution in [0.3, 0.4) is 0 Å². The molecule has 1 fully saturated rings. The zero-order chi connectivity index (χ0) is 19.8. The third-order valence-corrected chi connectivity index (χ3v) is 5.36. The molecule has 5 heteroatoms. The molecule has 5 nitrogen and oxygen atoms in total. The molecule has 0 atom stereocenters. The maximum absolute atomic E-state index is 12.8. The Hall–Kier alpha value is -2.53. The summed E-state index contributed by atoms with van der Waals surface area (Å²) in [5.74, 6) is 0.552. The highest BCUT2D eigenvalue weighted by molar-refractivity contribution is 5.99. The molecule has 1 saturated heterocycles. The molecule has 1 aliphatic rings. The van der Waals surface area contributed by atoms with Crippen molar-refractivity contribution in [2.24, 2.45) is 5.92 Å². The van der Waals surface area contributed by atoms with Crippen LogP contribution in [-0.2, 0) is 6.42 Å². The highest BCUT2D eigenvalue weighted by Gasteiger charge is 2.16. The van der Waals surface area contributed by atoms with E-state index in [-0.39, 0.29) is 11.7 Å². The van der Waals surface area contributed by atoms with E-state index in [9.17, 15) is 9.59 Å². The molecule has 28 heavy (non-hydrogen) atoms. The number of aromatic nitrogens is 1. The summed E-state index contributed by atoms with van der Waals surface area (Å²) in [6.07, 6.45) is 5.51. The van der Waals surface area contributed by atoms with Crippen LogP contribution < -0.4 is 10.6 Å². The molecule has 148 valence electrons. The highest BCUT2D eigenvalue weighted by atomic mass is 16.1. The fourth-order valence-electron chi connectivity index (χ4n) is 3.75. The Labute approximate surface area is 167 Å². The largest absolute Gasteiger partial charge is 0.354 e. The van der Waals surface area contributed by atoms with E-state index < -0.39 is 0 Å². The summed E-state index contributed by atoms with van der Waals surface area (Å²) in [7, 11) is 1.58. The molecule has 2 aromatic rings. The van der Waals surface area contributed by atoms with Crippen LogP contribution in [0.4, 0.5) is 0 Å². The van der Waals surface area contributed by atoms with Gasteiger partial charge in [-0.2, -0.15) is 0 Å². The van der Waals surface area contributed by atoms with E-state index >= 15 is 0 Å². The van der Waals surface area contributed by atoms with Gasteiger partial charge in [0, 0.05) is 31.1 Å². The number of hydrogen-bond donors (Lipinski definition) is 2. The van der Waals surface area contributed by atoms with Gasteiger partial charge in [0.15, 0.2) is 5.78 Å². The average Bonchev–Trinajstić information content (AvgIpc) is 2.74. The molecule has 2 N–H and O–H groups in total.